The summed E-state index contributed by atoms with van der Waals surface area (Å²) in [6.07, 6.45) is 2.03. The predicted octanol–water partition coefficient (Wildman–Crippen LogP) is 3.02. The third kappa shape index (κ3) is 4.08. The molecular formula is C22H17N3O5S. The third-order valence-corrected chi connectivity index (χ3v) is 5.75. The molecule has 156 valence electrons. The fraction of sp³-hybridized carbons (Fsp3) is 0.136. The van der Waals surface area contributed by atoms with E-state index in [9.17, 15) is 19.2 Å². The summed E-state index contributed by atoms with van der Waals surface area (Å²) >= 11 is 1.26. The SMILES string of the molecule is COC(=O)c1cccc(C(=O)Nc2ncc(CCN3C(=O)c4ccccc4C3=O)s2)c1. The van der Waals surface area contributed by atoms with Crippen molar-refractivity contribution in [2.75, 3.05) is 19.0 Å². The predicted molar refractivity (Wildman–Crippen MR) is 113 cm³/mol. The van der Waals surface area contributed by atoms with Crippen LogP contribution in [0.25, 0.3) is 0 Å². The van der Waals surface area contributed by atoms with Crippen LogP contribution in [0.5, 0.6) is 0 Å². The zero-order valence-corrected chi connectivity index (χ0v) is 17.3. The molecule has 4 rings (SSSR count). The molecule has 0 spiro atoms. The number of fused-ring (bicyclic) bond motifs is 1. The lowest BCUT2D eigenvalue weighted by Gasteiger charge is -2.12. The highest BCUT2D eigenvalue weighted by Gasteiger charge is 2.34. The van der Waals surface area contributed by atoms with Crippen molar-refractivity contribution in [2.45, 2.75) is 6.42 Å². The monoisotopic (exact) mass is 435 g/mol. The van der Waals surface area contributed by atoms with E-state index >= 15 is 0 Å². The highest BCUT2D eigenvalue weighted by molar-refractivity contribution is 7.15. The lowest BCUT2D eigenvalue weighted by Crippen LogP contribution is -2.31. The molecule has 0 atom stereocenters. The molecular weight excluding hydrogens is 418 g/mol. The zero-order valence-electron chi connectivity index (χ0n) is 16.5. The highest BCUT2D eigenvalue weighted by Crippen LogP contribution is 2.24. The average molecular weight is 435 g/mol. The van der Waals surface area contributed by atoms with E-state index in [2.05, 4.69) is 15.0 Å². The van der Waals surface area contributed by atoms with Gasteiger partial charge in [0.25, 0.3) is 17.7 Å². The lowest BCUT2D eigenvalue weighted by atomic mass is 10.1. The quantitative estimate of drug-likeness (QED) is 0.471. The Hall–Kier alpha value is -3.85. The molecule has 1 aliphatic rings. The maximum Gasteiger partial charge on any atom is 0.337 e. The standard InChI is InChI=1S/C22H17N3O5S/c1-30-21(29)14-6-4-5-13(11-14)18(26)24-22-23-12-15(31-22)9-10-25-19(27)16-7-2-3-8-17(16)20(25)28/h2-8,11-12H,9-10H2,1H3,(H,23,24,26). The van der Waals surface area contributed by atoms with Crippen LogP contribution >= 0.6 is 11.3 Å². The summed E-state index contributed by atoms with van der Waals surface area (Å²) in [5.41, 5.74) is 1.40. The van der Waals surface area contributed by atoms with Crippen molar-refractivity contribution < 1.29 is 23.9 Å². The van der Waals surface area contributed by atoms with Gasteiger partial charge < -0.3 is 4.74 Å². The number of nitrogens with one attached hydrogen (secondary N) is 1. The molecule has 0 fully saturated rings. The number of carbonyl (C=O) groups is 4. The lowest BCUT2D eigenvalue weighted by molar-refractivity contribution is 0.0598. The molecule has 0 unspecified atom stereocenters. The number of benzene rings is 2. The second-order valence-electron chi connectivity index (χ2n) is 6.72. The molecule has 1 aromatic heterocycles. The number of hydrogen-bond donors (Lipinski definition) is 1. The molecule has 1 N–H and O–H groups in total. The van der Waals surface area contributed by atoms with Gasteiger partial charge in [-0.2, -0.15) is 0 Å². The zero-order chi connectivity index (χ0) is 22.0. The van der Waals surface area contributed by atoms with Gasteiger partial charge in [0.15, 0.2) is 5.13 Å². The molecule has 31 heavy (non-hydrogen) atoms. The van der Waals surface area contributed by atoms with Crippen molar-refractivity contribution in [1.82, 2.24) is 9.88 Å². The Labute approximate surface area is 181 Å². The van der Waals surface area contributed by atoms with E-state index in [0.29, 0.717) is 28.2 Å². The number of nitrogens with zero attached hydrogens (tertiary/aromatic N) is 2. The Balaban J connectivity index is 1.38. The van der Waals surface area contributed by atoms with Crippen LogP contribution in [-0.4, -0.2) is 47.2 Å². The van der Waals surface area contributed by atoms with Gasteiger partial charge in [-0.15, -0.1) is 11.3 Å². The van der Waals surface area contributed by atoms with Crippen LogP contribution in [-0.2, 0) is 11.2 Å². The number of amides is 3. The van der Waals surface area contributed by atoms with Gasteiger partial charge in [-0.05, 0) is 30.3 Å². The Kier molecular flexibility index (Phi) is 5.59. The van der Waals surface area contributed by atoms with Gasteiger partial charge in [-0.3, -0.25) is 24.6 Å². The molecule has 3 aromatic rings. The van der Waals surface area contributed by atoms with Gasteiger partial charge in [0, 0.05) is 29.6 Å². The molecule has 8 nitrogen and oxygen atoms in total. The normalized spacial score (nSPS) is 12.6. The van der Waals surface area contributed by atoms with Crippen LogP contribution in [0, 0.1) is 0 Å². The highest BCUT2D eigenvalue weighted by atomic mass is 32.1. The van der Waals surface area contributed by atoms with Crippen molar-refractivity contribution in [3.05, 3.63) is 81.9 Å². The van der Waals surface area contributed by atoms with E-state index in [0.717, 1.165) is 4.88 Å². The number of rotatable bonds is 6. The summed E-state index contributed by atoms with van der Waals surface area (Å²) in [7, 11) is 1.27. The molecule has 0 aliphatic carbocycles. The van der Waals surface area contributed by atoms with Gasteiger partial charge in [0.2, 0.25) is 0 Å². The maximum absolute atomic E-state index is 12.5. The number of hydrogen-bond acceptors (Lipinski definition) is 7. The molecule has 2 aromatic carbocycles. The van der Waals surface area contributed by atoms with Crippen LogP contribution in [0.15, 0.2) is 54.7 Å². The number of anilines is 1. The Morgan fingerprint density at radius 2 is 1.71 bits per heavy atom. The van der Waals surface area contributed by atoms with Gasteiger partial charge in [0.1, 0.15) is 0 Å². The van der Waals surface area contributed by atoms with Gasteiger partial charge in [0.05, 0.1) is 23.8 Å². The largest absolute Gasteiger partial charge is 0.465 e. The fourth-order valence-corrected chi connectivity index (χ4v) is 4.02. The van der Waals surface area contributed by atoms with E-state index in [-0.39, 0.29) is 23.9 Å². The summed E-state index contributed by atoms with van der Waals surface area (Å²) in [6.45, 7) is 0.225. The first-order valence-corrected chi connectivity index (χ1v) is 10.2. The summed E-state index contributed by atoms with van der Waals surface area (Å²) in [4.78, 5) is 55.2. The number of aromatic nitrogens is 1. The van der Waals surface area contributed by atoms with Gasteiger partial charge in [-0.25, -0.2) is 9.78 Å². The second kappa shape index (κ2) is 8.49. The molecule has 9 heteroatoms. The molecule has 3 amide bonds. The molecule has 0 bridgehead atoms. The summed E-state index contributed by atoms with van der Waals surface area (Å²) in [5.74, 6) is -1.54. The number of imide groups is 1. The minimum atomic E-state index is -0.528. The second-order valence-corrected chi connectivity index (χ2v) is 7.83. The summed E-state index contributed by atoms with van der Waals surface area (Å²) in [6, 6.07) is 12.9. The Morgan fingerprint density at radius 3 is 2.39 bits per heavy atom. The van der Waals surface area contributed by atoms with Crippen molar-refractivity contribution in [2.24, 2.45) is 0 Å². The smallest absolute Gasteiger partial charge is 0.337 e. The Morgan fingerprint density at radius 1 is 1.03 bits per heavy atom. The topological polar surface area (TPSA) is 106 Å². The first kappa shape index (κ1) is 20.4. The number of carbonyl (C=O) groups excluding carboxylic acids is 4. The van der Waals surface area contributed by atoms with Crippen molar-refractivity contribution in [3.63, 3.8) is 0 Å². The number of ether oxygens (including phenoxy) is 1. The molecule has 0 radical (unpaired) electrons. The summed E-state index contributed by atoms with van der Waals surface area (Å²) in [5, 5.41) is 3.07. The van der Waals surface area contributed by atoms with Crippen LogP contribution in [0.4, 0.5) is 5.13 Å². The van der Waals surface area contributed by atoms with Crippen molar-refractivity contribution >= 4 is 40.2 Å². The molecule has 0 saturated carbocycles. The van der Waals surface area contributed by atoms with Crippen LogP contribution in [0.1, 0.15) is 46.3 Å². The van der Waals surface area contributed by atoms with Crippen LogP contribution < -0.4 is 5.32 Å². The average Bonchev–Trinajstić information content (AvgIpc) is 3.34. The number of thiazole rings is 1. The summed E-state index contributed by atoms with van der Waals surface area (Å²) < 4.78 is 4.66. The first-order chi connectivity index (χ1) is 15.0. The fourth-order valence-electron chi connectivity index (χ4n) is 3.22. The van der Waals surface area contributed by atoms with Crippen LogP contribution in [0.3, 0.4) is 0 Å². The van der Waals surface area contributed by atoms with E-state index in [1.165, 1.54) is 29.4 Å². The van der Waals surface area contributed by atoms with E-state index in [1.54, 1.807) is 48.7 Å². The minimum Gasteiger partial charge on any atom is -0.465 e. The first-order valence-electron chi connectivity index (χ1n) is 9.37. The van der Waals surface area contributed by atoms with Crippen molar-refractivity contribution in [3.8, 4) is 0 Å². The van der Waals surface area contributed by atoms with E-state index in [1.807, 2.05) is 0 Å². The van der Waals surface area contributed by atoms with Gasteiger partial charge >= 0.3 is 5.97 Å². The molecule has 1 aliphatic heterocycles. The Bertz CT molecular complexity index is 1170. The van der Waals surface area contributed by atoms with Gasteiger partial charge in [-0.1, -0.05) is 18.2 Å². The third-order valence-electron chi connectivity index (χ3n) is 4.78. The molecule has 0 saturated heterocycles. The maximum atomic E-state index is 12.5. The van der Waals surface area contributed by atoms with Crippen LogP contribution in [0.2, 0.25) is 0 Å². The van der Waals surface area contributed by atoms with E-state index in [4.69, 9.17) is 0 Å². The van der Waals surface area contributed by atoms with Crippen molar-refractivity contribution in [1.29, 1.82) is 0 Å². The minimum absolute atomic E-state index is 0.225. The number of esters is 1. The molecule has 2 heterocycles. The van der Waals surface area contributed by atoms with E-state index < -0.39 is 11.9 Å². The number of methoxy groups -OCH3 is 1.